The van der Waals surface area contributed by atoms with Crippen LogP contribution in [0.2, 0.25) is 0 Å². The molecule has 1 rings (SSSR count). The Morgan fingerprint density at radius 2 is 2.25 bits per heavy atom. The average Bonchev–Trinajstić information content (AvgIpc) is 1.82. The van der Waals surface area contributed by atoms with Gasteiger partial charge in [0.25, 0.3) is 0 Å². The third-order valence-corrected chi connectivity index (χ3v) is 1.72. The van der Waals surface area contributed by atoms with E-state index in [-0.39, 0.29) is 5.76 Å². The van der Waals surface area contributed by atoms with Crippen molar-refractivity contribution in [1.29, 1.82) is 0 Å². The molecule has 0 saturated carbocycles. The zero-order valence-electron chi connectivity index (χ0n) is 6.65. The minimum Gasteiger partial charge on any atom is -0.402 e. The van der Waals surface area contributed by atoms with Gasteiger partial charge in [-0.3, -0.25) is 0 Å². The Bertz CT molecular complexity index is 327. The Hall–Kier alpha value is -0.970. The van der Waals surface area contributed by atoms with E-state index in [0.29, 0.717) is 12.1 Å². The molecule has 0 aromatic rings. The fourth-order valence-electron chi connectivity index (χ4n) is 0.826. The maximum absolute atomic E-state index is 10.7. The molecule has 1 radical (unpaired) electrons. The largest absolute Gasteiger partial charge is 0.402 e. The van der Waals surface area contributed by atoms with Crippen LogP contribution < -0.4 is 5.73 Å². The van der Waals surface area contributed by atoms with Crippen molar-refractivity contribution in [3.63, 3.8) is 0 Å². The van der Waals surface area contributed by atoms with E-state index in [0.717, 1.165) is 6.26 Å². The highest BCUT2D eigenvalue weighted by molar-refractivity contribution is 7.86. The topological polar surface area (TPSA) is 69.4 Å². The van der Waals surface area contributed by atoms with Crippen LogP contribution in [0.5, 0.6) is 0 Å². The van der Waals surface area contributed by atoms with Gasteiger partial charge in [0.05, 0.1) is 6.26 Å². The van der Waals surface area contributed by atoms with Crippen molar-refractivity contribution in [2.75, 3.05) is 6.26 Å². The van der Waals surface area contributed by atoms with E-state index in [9.17, 15) is 8.42 Å². The summed E-state index contributed by atoms with van der Waals surface area (Å²) < 4.78 is 25.9. The second-order valence-electron chi connectivity index (χ2n) is 2.48. The second-order valence-corrected chi connectivity index (χ2v) is 4.05. The first-order valence-corrected chi connectivity index (χ1v) is 5.19. The highest BCUT2D eigenvalue weighted by Gasteiger charge is 2.08. The molecule has 0 atom stereocenters. The van der Waals surface area contributed by atoms with Crippen LogP contribution in [0.3, 0.4) is 0 Å². The highest BCUT2D eigenvalue weighted by Crippen LogP contribution is 2.14. The van der Waals surface area contributed by atoms with Gasteiger partial charge in [0.15, 0.2) is 0 Å². The molecule has 0 amide bonds. The quantitative estimate of drug-likeness (QED) is 0.633. The van der Waals surface area contributed by atoms with Crippen LogP contribution in [0.4, 0.5) is 0 Å². The van der Waals surface area contributed by atoms with Gasteiger partial charge in [-0.1, -0.05) is 0 Å². The molecule has 5 heteroatoms. The molecule has 12 heavy (non-hydrogen) atoms. The van der Waals surface area contributed by atoms with Crippen molar-refractivity contribution < 1.29 is 12.6 Å². The van der Waals surface area contributed by atoms with Gasteiger partial charge in [0.2, 0.25) is 0 Å². The molecular formula is C7H10NO3S. The van der Waals surface area contributed by atoms with Gasteiger partial charge in [-0.25, -0.2) is 0 Å². The van der Waals surface area contributed by atoms with Gasteiger partial charge in [-0.2, -0.15) is 8.42 Å². The molecule has 0 spiro atoms. The molecule has 0 aromatic heterocycles. The number of nitrogens with two attached hydrogens (primary N) is 1. The average molecular weight is 188 g/mol. The zero-order valence-corrected chi connectivity index (χ0v) is 7.47. The van der Waals surface area contributed by atoms with Gasteiger partial charge in [0, 0.05) is 18.2 Å². The van der Waals surface area contributed by atoms with Crippen molar-refractivity contribution >= 4 is 10.1 Å². The molecule has 2 N–H and O–H groups in total. The van der Waals surface area contributed by atoms with Crippen LogP contribution in [-0.4, -0.2) is 14.7 Å². The maximum Gasteiger partial charge on any atom is 0.306 e. The molecule has 0 fully saturated rings. The second kappa shape index (κ2) is 3.18. The van der Waals surface area contributed by atoms with Gasteiger partial charge >= 0.3 is 10.1 Å². The summed E-state index contributed by atoms with van der Waals surface area (Å²) in [6.45, 7) is 0. The SMILES string of the molecule is CS(=O)(=O)OC1=CC[CH]C(N)=C1. The summed E-state index contributed by atoms with van der Waals surface area (Å²) in [5, 5.41) is 0. The first-order valence-electron chi connectivity index (χ1n) is 3.37. The van der Waals surface area contributed by atoms with Crippen LogP contribution >= 0.6 is 0 Å². The van der Waals surface area contributed by atoms with E-state index in [4.69, 9.17) is 5.73 Å². The standard InChI is InChI=1S/C7H10NO3S/c1-12(9,10)11-7-4-2-3-6(8)5-7/h3-5H,2,8H2,1H3. The van der Waals surface area contributed by atoms with Crippen molar-refractivity contribution in [3.8, 4) is 0 Å². The molecular weight excluding hydrogens is 178 g/mol. The lowest BCUT2D eigenvalue weighted by Crippen LogP contribution is -2.07. The van der Waals surface area contributed by atoms with E-state index >= 15 is 0 Å². The molecule has 0 saturated heterocycles. The van der Waals surface area contributed by atoms with E-state index in [1.807, 2.05) is 0 Å². The Morgan fingerprint density at radius 3 is 2.75 bits per heavy atom. The predicted octanol–water partition coefficient (Wildman–Crippen LogP) is 0.297. The Balaban J connectivity index is 2.72. The molecule has 0 bridgehead atoms. The minimum absolute atomic E-state index is 0.289. The number of rotatable bonds is 2. The lowest BCUT2D eigenvalue weighted by molar-refractivity contribution is 0.422. The molecule has 0 unspecified atom stereocenters. The van der Waals surface area contributed by atoms with Crippen molar-refractivity contribution in [3.05, 3.63) is 30.0 Å². The molecule has 4 nitrogen and oxygen atoms in total. The van der Waals surface area contributed by atoms with Crippen LogP contribution in [-0.2, 0) is 14.3 Å². The molecule has 1 aliphatic carbocycles. The molecule has 0 aromatic carbocycles. The highest BCUT2D eigenvalue weighted by atomic mass is 32.2. The number of hydrogen-bond acceptors (Lipinski definition) is 4. The van der Waals surface area contributed by atoms with Crippen molar-refractivity contribution in [1.82, 2.24) is 0 Å². The lowest BCUT2D eigenvalue weighted by Gasteiger charge is -2.09. The van der Waals surface area contributed by atoms with Crippen LogP contribution in [0.1, 0.15) is 6.42 Å². The zero-order chi connectivity index (χ0) is 9.19. The van der Waals surface area contributed by atoms with Gasteiger partial charge in [-0.15, -0.1) is 0 Å². The Morgan fingerprint density at radius 1 is 1.58 bits per heavy atom. The summed E-state index contributed by atoms with van der Waals surface area (Å²) in [5.41, 5.74) is 5.96. The number of allylic oxidation sites excluding steroid dienone is 3. The van der Waals surface area contributed by atoms with Gasteiger partial charge in [0.1, 0.15) is 5.76 Å². The van der Waals surface area contributed by atoms with E-state index in [1.54, 1.807) is 12.5 Å². The van der Waals surface area contributed by atoms with Crippen molar-refractivity contribution in [2.24, 2.45) is 5.73 Å². The lowest BCUT2D eigenvalue weighted by atomic mass is 10.1. The van der Waals surface area contributed by atoms with E-state index in [1.165, 1.54) is 6.08 Å². The third-order valence-electron chi connectivity index (χ3n) is 1.23. The predicted molar refractivity (Wildman–Crippen MR) is 45.2 cm³/mol. The third kappa shape index (κ3) is 2.96. The molecule has 0 heterocycles. The summed E-state index contributed by atoms with van der Waals surface area (Å²) in [4.78, 5) is 0. The van der Waals surface area contributed by atoms with Gasteiger partial charge in [-0.05, 0) is 12.5 Å². The van der Waals surface area contributed by atoms with Gasteiger partial charge < -0.3 is 9.92 Å². The maximum atomic E-state index is 10.7. The van der Waals surface area contributed by atoms with Crippen LogP contribution in [0.25, 0.3) is 0 Å². The normalized spacial score (nSPS) is 18.1. The molecule has 67 valence electrons. The summed E-state index contributed by atoms with van der Waals surface area (Å²) in [7, 11) is -3.43. The Labute approximate surface area is 71.8 Å². The van der Waals surface area contributed by atoms with Crippen LogP contribution in [0.15, 0.2) is 23.6 Å². The fraction of sp³-hybridized carbons (Fsp3) is 0.286. The fourth-order valence-corrected chi connectivity index (χ4v) is 1.29. The summed E-state index contributed by atoms with van der Waals surface area (Å²) >= 11 is 0. The first-order chi connectivity index (χ1) is 5.47. The van der Waals surface area contributed by atoms with E-state index < -0.39 is 10.1 Å². The first kappa shape index (κ1) is 9.12. The van der Waals surface area contributed by atoms with Crippen molar-refractivity contribution in [2.45, 2.75) is 6.42 Å². The molecule has 1 aliphatic rings. The van der Waals surface area contributed by atoms with Crippen LogP contribution in [0, 0.1) is 6.42 Å². The summed E-state index contributed by atoms with van der Waals surface area (Å²) in [6, 6.07) is 0. The summed E-state index contributed by atoms with van der Waals surface area (Å²) in [5.74, 6) is 0.289. The monoisotopic (exact) mass is 188 g/mol. The van der Waals surface area contributed by atoms with E-state index in [2.05, 4.69) is 4.18 Å². The number of hydrogen-bond donors (Lipinski definition) is 1. The minimum atomic E-state index is -3.43. The molecule has 0 aliphatic heterocycles. The smallest absolute Gasteiger partial charge is 0.306 e. The summed E-state index contributed by atoms with van der Waals surface area (Å²) in [6.07, 6.45) is 6.50. The Kier molecular flexibility index (Phi) is 2.42.